The summed E-state index contributed by atoms with van der Waals surface area (Å²) in [4.78, 5) is 57.2. The van der Waals surface area contributed by atoms with Crippen molar-refractivity contribution in [2.24, 2.45) is 46.3 Å². The lowest BCUT2D eigenvalue weighted by Crippen LogP contribution is -2.59. The van der Waals surface area contributed by atoms with Gasteiger partial charge in [-0.25, -0.2) is 0 Å². The van der Waals surface area contributed by atoms with Crippen LogP contribution in [0.15, 0.2) is 0 Å². The molecule has 6 heteroatoms. The molecule has 6 nitrogen and oxygen atoms in total. The molecule has 8 bridgehead atoms. The molecule has 0 N–H and O–H groups in total. The van der Waals surface area contributed by atoms with Gasteiger partial charge in [-0.15, -0.1) is 0 Å². The van der Waals surface area contributed by atoms with Crippen molar-refractivity contribution in [3.63, 3.8) is 0 Å². The van der Waals surface area contributed by atoms with Crippen molar-refractivity contribution in [1.29, 1.82) is 0 Å². The van der Waals surface area contributed by atoms with E-state index in [0.29, 0.717) is 55.0 Å². The molecule has 0 aromatic carbocycles. The fourth-order valence-electron chi connectivity index (χ4n) is 10.6. The number of ketones is 2. The van der Waals surface area contributed by atoms with E-state index in [2.05, 4.69) is 0 Å². The van der Waals surface area contributed by atoms with E-state index in [1.54, 1.807) is 9.80 Å². The number of carbonyl (C=O) groups is 4. The van der Waals surface area contributed by atoms with Crippen LogP contribution in [0.2, 0.25) is 0 Å². The topological polar surface area (TPSA) is 74.8 Å². The van der Waals surface area contributed by atoms with Gasteiger partial charge in [0.15, 0.2) is 0 Å². The Balaban J connectivity index is 1.05. The molecule has 8 aliphatic carbocycles. The molecular weight excluding hydrogens is 428 g/mol. The summed E-state index contributed by atoms with van der Waals surface area (Å²) >= 11 is 0. The predicted molar refractivity (Wildman–Crippen MR) is 124 cm³/mol. The van der Waals surface area contributed by atoms with E-state index in [1.165, 1.54) is 38.5 Å². The second kappa shape index (κ2) is 7.39. The fourth-order valence-corrected chi connectivity index (χ4v) is 10.6. The van der Waals surface area contributed by atoms with Crippen LogP contribution in [0, 0.1) is 46.3 Å². The Kier molecular flexibility index (Phi) is 4.69. The first-order valence-electron chi connectivity index (χ1n) is 14.0. The second-order valence-corrected chi connectivity index (χ2v) is 13.7. The number of amides is 2. The summed E-state index contributed by atoms with van der Waals surface area (Å²) in [5, 5.41) is 0. The molecule has 0 atom stereocenters. The summed E-state index contributed by atoms with van der Waals surface area (Å²) in [6.45, 7) is 1.12. The van der Waals surface area contributed by atoms with E-state index in [9.17, 15) is 19.2 Å². The van der Waals surface area contributed by atoms with Crippen LogP contribution in [0.1, 0.15) is 83.5 Å². The standard InChI is InChI=1S/C28H38N2O4/c31-23(27-10-17-4-18(11-27)6-19(5-17)12-27)25(33)29-2-1-3-30(16-29)26(34)24(32)28-13-20-7-21(14-28)9-22(8-20)15-28/h17-22H,1-16H2. The van der Waals surface area contributed by atoms with E-state index >= 15 is 0 Å². The smallest absolute Gasteiger partial charge is 0.291 e. The zero-order valence-electron chi connectivity index (χ0n) is 20.3. The third-order valence-corrected chi connectivity index (χ3v) is 11.2. The van der Waals surface area contributed by atoms with E-state index in [4.69, 9.17) is 0 Å². The van der Waals surface area contributed by atoms with E-state index < -0.39 is 22.6 Å². The number of nitrogens with zero attached hydrogens (tertiary/aromatic N) is 2. The van der Waals surface area contributed by atoms with Crippen molar-refractivity contribution in [3.05, 3.63) is 0 Å². The second-order valence-electron chi connectivity index (χ2n) is 13.7. The molecule has 0 spiro atoms. The van der Waals surface area contributed by atoms with Crippen molar-refractivity contribution in [2.45, 2.75) is 83.5 Å². The first-order chi connectivity index (χ1) is 16.3. The van der Waals surface area contributed by atoms with Crippen molar-refractivity contribution >= 4 is 23.4 Å². The number of hydrogen-bond donors (Lipinski definition) is 0. The first-order valence-corrected chi connectivity index (χ1v) is 14.0. The van der Waals surface area contributed by atoms with Gasteiger partial charge in [-0.3, -0.25) is 19.2 Å². The highest BCUT2D eigenvalue weighted by Gasteiger charge is 2.58. The van der Waals surface area contributed by atoms with Gasteiger partial charge in [-0.1, -0.05) is 0 Å². The molecule has 184 valence electrons. The molecule has 0 unspecified atom stereocenters. The van der Waals surface area contributed by atoms with Crippen LogP contribution in [0.5, 0.6) is 0 Å². The van der Waals surface area contributed by atoms with E-state index in [0.717, 1.165) is 38.5 Å². The Morgan fingerprint density at radius 3 is 1.09 bits per heavy atom. The molecule has 34 heavy (non-hydrogen) atoms. The van der Waals surface area contributed by atoms with Crippen LogP contribution in [-0.4, -0.2) is 52.9 Å². The summed E-state index contributed by atoms with van der Waals surface area (Å²) in [7, 11) is 0. The van der Waals surface area contributed by atoms with Crippen LogP contribution >= 0.6 is 0 Å². The largest absolute Gasteiger partial charge is 0.318 e. The average molecular weight is 467 g/mol. The molecular formula is C28H38N2O4. The van der Waals surface area contributed by atoms with Gasteiger partial charge >= 0.3 is 0 Å². The number of rotatable bonds is 4. The Hall–Kier alpha value is -1.72. The molecule has 1 heterocycles. The Morgan fingerprint density at radius 1 is 0.500 bits per heavy atom. The minimum absolute atomic E-state index is 0.105. The van der Waals surface area contributed by atoms with Gasteiger partial charge in [0.05, 0.1) is 6.67 Å². The molecule has 9 rings (SSSR count). The maximum atomic E-state index is 13.6. The lowest BCUT2D eigenvalue weighted by Gasteiger charge is -2.56. The summed E-state index contributed by atoms with van der Waals surface area (Å²) in [6, 6.07) is 0. The van der Waals surface area contributed by atoms with Gasteiger partial charge in [0.1, 0.15) is 0 Å². The minimum atomic E-state index is -0.451. The summed E-state index contributed by atoms with van der Waals surface area (Å²) in [5.41, 5.74) is -0.903. The van der Waals surface area contributed by atoms with Crippen LogP contribution in [0.4, 0.5) is 0 Å². The van der Waals surface area contributed by atoms with Crippen LogP contribution in [-0.2, 0) is 19.2 Å². The zero-order chi connectivity index (χ0) is 23.2. The zero-order valence-corrected chi connectivity index (χ0v) is 20.3. The van der Waals surface area contributed by atoms with Crippen molar-refractivity contribution < 1.29 is 19.2 Å². The number of Topliss-reactive ketones (excluding diaryl/α,β-unsaturated/α-hetero) is 2. The van der Waals surface area contributed by atoms with Crippen molar-refractivity contribution in [2.75, 3.05) is 19.8 Å². The maximum Gasteiger partial charge on any atom is 0.291 e. The molecule has 0 aromatic rings. The van der Waals surface area contributed by atoms with E-state index in [-0.39, 0.29) is 18.2 Å². The molecule has 0 radical (unpaired) electrons. The normalized spacial score (nSPS) is 46.1. The Bertz CT molecular complexity index is 809. The van der Waals surface area contributed by atoms with Gasteiger partial charge < -0.3 is 9.80 Å². The third kappa shape index (κ3) is 3.19. The number of carbonyl (C=O) groups excluding carboxylic acids is 4. The summed E-state index contributed by atoms with van der Waals surface area (Å²) in [6.07, 6.45) is 13.3. The highest BCUT2D eigenvalue weighted by atomic mass is 16.2. The SMILES string of the molecule is O=C(C(=O)C12CC3CC(CC(C3)C1)C2)N1CCCN(C(=O)C(=O)C23CC4CC(CC(C4)C2)C3)C1. The van der Waals surface area contributed by atoms with Crippen LogP contribution in [0.3, 0.4) is 0 Å². The third-order valence-electron chi connectivity index (χ3n) is 11.2. The van der Waals surface area contributed by atoms with Crippen molar-refractivity contribution in [1.82, 2.24) is 9.80 Å². The Morgan fingerprint density at radius 2 is 0.794 bits per heavy atom. The maximum absolute atomic E-state index is 13.6. The molecule has 1 aliphatic heterocycles. The molecule has 9 fully saturated rings. The van der Waals surface area contributed by atoms with Gasteiger partial charge in [-0.2, -0.15) is 0 Å². The molecule has 8 saturated carbocycles. The van der Waals surface area contributed by atoms with Gasteiger partial charge in [0.25, 0.3) is 11.8 Å². The monoisotopic (exact) mass is 466 g/mol. The van der Waals surface area contributed by atoms with Gasteiger partial charge in [0, 0.05) is 23.9 Å². The van der Waals surface area contributed by atoms with Gasteiger partial charge in [0.2, 0.25) is 11.6 Å². The lowest BCUT2D eigenvalue weighted by molar-refractivity contribution is -0.165. The molecule has 2 amide bonds. The highest BCUT2D eigenvalue weighted by Crippen LogP contribution is 2.61. The predicted octanol–water partition coefficient (Wildman–Crippen LogP) is 3.58. The average Bonchev–Trinajstić information content (AvgIpc) is 2.80. The summed E-state index contributed by atoms with van der Waals surface area (Å²) in [5.74, 6) is 2.46. The quantitative estimate of drug-likeness (QED) is 0.594. The highest BCUT2D eigenvalue weighted by molar-refractivity contribution is 6.39. The van der Waals surface area contributed by atoms with E-state index in [1.807, 2.05) is 0 Å². The first kappa shape index (κ1) is 21.6. The minimum Gasteiger partial charge on any atom is -0.318 e. The summed E-state index contributed by atoms with van der Waals surface area (Å²) < 4.78 is 0. The Labute approximate surface area is 202 Å². The van der Waals surface area contributed by atoms with Crippen molar-refractivity contribution in [3.8, 4) is 0 Å². The van der Waals surface area contributed by atoms with Crippen LogP contribution in [0.25, 0.3) is 0 Å². The molecule has 9 aliphatic rings. The van der Waals surface area contributed by atoms with Gasteiger partial charge in [-0.05, 0) is 119 Å². The lowest BCUT2D eigenvalue weighted by atomic mass is 9.48. The molecule has 0 aromatic heterocycles. The van der Waals surface area contributed by atoms with Crippen LogP contribution < -0.4 is 0 Å². The fraction of sp³-hybridized carbons (Fsp3) is 0.857. The number of hydrogen-bond acceptors (Lipinski definition) is 4. The molecule has 1 saturated heterocycles.